The molecule has 1 aliphatic rings. The highest BCUT2D eigenvalue weighted by atomic mass is 19.1. The maximum Gasteiger partial charge on any atom is 0.178 e. The third-order valence-corrected chi connectivity index (χ3v) is 6.26. The first kappa shape index (κ1) is 19.8. The zero-order valence-electron chi connectivity index (χ0n) is 18.0. The number of nitrogens with zero attached hydrogens (tertiary/aromatic N) is 4. The number of ether oxygens (including phenoxy) is 1. The first-order valence-electron chi connectivity index (χ1n) is 10.9. The van der Waals surface area contributed by atoms with Gasteiger partial charge in [-0.25, -0.2) is 14.4 Å². The van der Waals surface area contributed by atoms with Crippen LogP contribution in [0.1, 0.15) is 24.5 Å². The highest BCUT2D eigenvalue weighted by molar-refractivity contribution is 5.95. The van der Waals surface area contributed by atoms with Crippen molar-refractivity contribution in [1.82, 2.24) is 35.5 Å². The minimum absolute atomic E-state index is 0.370. The highest BCUT2D eigenvalue weighted by Gasteiger charge is 2.20. The minimum atomic E-state index is -0.370. The number of piperidine rings is 1. The normalized spacial score (nSPS) is 14.8. The van der Waals surface area contributed by atoms with Crippen LogP contribution in [0.2, 0.25) is 0 Å². The Morgan fingerprint density at radius 1 is 1.09 bits per heavy atom. The maximum absolute atomic E-state index is 14.1. The van der Waals surface area contributed by atoms with Crippen LogP contribution in [0.4, 0.5) is 4.39 Å². The van der Waals surface area contributed by atoms with Crippen molar-refractivity contribution in [3.05, 3.63) is 54.2 Å². The van der Waals surface area contributed by atoms with Gasteiger partial charge in [0.2, 0.25) is 0 Å². The average molecular weight is 443 g/mol. The number of fused-ring (bicyclic) bond motifs is 2. The molecular weight excluding hydrogens is 421 g/mol. The van der Waals surface area contributed by atoms with E-state index in [-0.39, 0.29) is 5.82 Å². The highest BCUT2D eigenvalue weighted by Crippen LogP contribution is 2.33. The second-order valence-corrected chi connectivity index (χ2v) is 8.27. The van der Waals surface area contributed by atoms with Crippen LogP contribution < -0.4 is 10.1 Å². The Morgan fingerprint density at radius 2 is 1.97 bits per heavy atom. The molecule has 6 rings (SSSR count). The molecule has 0 spiro atoms. The fourth-order valence-electron chi connectivity index (χ4n) is 4.55. The van der Waals surface area contributed by atoms with Crippen molar-refractivity contribution in [2.24, 2.45) is 0 Å². The first-order valence-corrected chi connectivity index (χ1v) is 10.9. The van der Waals surface area contributed by atoms with E-state index in [2.05, 4.69) is 36.5 Å². The lowest BCUT2D eigenvalue weighted by molar-refractivity contribution is 0.411. The molecule has 0 unspecified atom stereocenters. The van der Waals surface area contributed by atoms with Gasteiger partial charge >= 0.3 is 0 Å². The standard InChI is InChI=1S/C24H22FN7O/c1-33-16-9-14(8-15(25)10-16)17-4-7-27-23-21(17)29-24(30-23)22-18-11-19(13-2-5-26-6-3-13)28-12-20(18)31-32-22/h4,7-13,26H,2-3,5-6H2,1H3,(H,31,32)(H,27,29,30). The van der Waals surface area contributed by atoms with Gasteiger partial charge in [0.25, 0.3) is 0 Å². The summed E-state index contributed by atoms with van der Waals surface area (Å²) in [5.74, 6) is 1.11. The molecule has 1 aliphatic heterocycles. The number of halogens is 1. The number of benzene rings is 1. The SMILES string of the molecule is COc1cc(F)cc(-c2ccnc3nc(-c4n[nH]c5cnc(C6CCNCC6)cc45)[nH]c23)c1. The molecule has 5 aromatic rings. The van der Waals surface area contributed by atoms with Gasteiger partial charge in [0.05, 0.1) is 24.3 Å². The number of rotatable bonds is 4. The Labute approximate surface area is 188 Å². The summed E-state index contributed by atoms with van der Waals surface area (Å²) in [4.78, 5) is 17.1. The molecule has 0 aliphatic carbocycles. The molecular formula is C24H22FN7O. The van der Waals surface area contributed by atoms with E-state index in [1.54, 1.807) is 12.3 Å². The molecule has 0 amide bonds. The molecule has 1 aromatic carbocycles. The molecule has 8 nitrogen and oxygen atoms in total. The van der Waals surface area contributed by atoms with Crippen molar-refractivity contribution in [2.75, 3.05) is 20.2 Å². The van der Waals surface area contributed by atoms with Crippen molar-refractivity contribution >= 4 is 22.1 Å². The Balaban J connectivity index is 1.46. The van der Waals surface area contributed by atoms with Gasteiger partial charge in [-0.3, -0.25) is 10.1 Å². The van der Waals surface area contributed by atoms with Crippen LogP contribution in [0.25, 0.3) is 44.7 Å². The Hall–Kier alpha value is -3.85. The van der Waals surface area contributed by atoms with Crippen LogP contribution >= 0.6 is 0 Å². The Kier molecular flexibility index (Phi) is 4.76. The van der Waals surface area contributed by atoms with Gasteiger partial charge in [-0.1, -0.05) is 0 Å². The summed E-state index contributed by atoms with van der Waals surface area (Å²) in [5, 5.41) is 11.9. The number of aromatic nitrogens is 6. The Bertz CT molecular complexity index is 1470. The van der Waals surface area contributed by atoms with Gasteiger partial charge in [0.1, 0.15) is 17.3 Å². The van der Waals surface area contributed by atoms with Crippen LogP contribution in [-0.2, 0) is 0 Å². The lowest BCUT2D eigenvalue weighted by atomic mass is 9.93. The van der Waals surface area contributed by atoms with E-state index in [4.69, 9.17) is 9.72 Å². The molecule has 166 valence electrons. The third-order valence-electron chi connectivity index (χ3n) is 6.26. The predicted molar refractivity (Wildman–Crippen MR) is 124 cm³/mol. The van der Waals surface area contributed by atoms with Crippen molar-refractivity contribution < 1.29 is 9.13 Å². The van der Waals surface area contributed by atoms with Crippen molar-refractivity contribution in [3.63, 3.8) is 0 Å². The van der Waals surface area contributed by atoms with Crippen LogP contribution in [0.3, 0.4) is 0 Å². The fourth-order valence-corrected chi connectivity index (χ4v) is 4.55. The van der Waals surface area contributed by atoms with Crippen molar-refractivity contribution in [1.29, 1.82) is 0 Å². The zero-order chi connectivity index (χ0) is 22.4. The van der Waals surface area contributed by atoms with Gasteiger partial charge in [0, 0.05) is 34.8 Å². The number of methoxy groups -OCH3 is 1. The summed E-state index contributed by atoms with van der Waals surface area (Å²) >= 11 is 0. The summed E-state index contributed by atoms with van der Waals surface area (Å²) in [5.41, 5.74) is 5.36. The molecule has 4 aromatic heterocycles. The molecule has 0 radical (unpaired) electrons. The molecule has 3 N–H and O–H groups in total. The lowest BCUT2D eigenvalue weighted by Gasteiger charge is -2.21. The second kappa shape index (κ2) is 7.93. The molecule has 33 heavy (non-hydrogen) atoms. The summed E-state index contributed by atoms with van der Waals surface area (Å²) in [6.07, 6.45) is 5.65. The van der Waals surface area contributed by atoms with Crippen LogP contribution in [0.5, 0.6) is 5.75 Å². The van der Waals surface area contributed by atoms with Crippen molar-refractivity contribution in [3.8, 4) is 28.4 Å². The molecule has 0 bridgehead atoms. The molecule has 9 heteroatoms. The molecule has 5 heterocycles. The first-order chi connectivity index (χ1) is 16.2. The van der Waals surface area contributed by atoms with Gasteiger partial charge in [0.15, 0.2) is 11.5 Å². The van der Waals surface area contributed by atoms with Crippen molar-refractivity contribution in [2.45, 2.75) is 18.8 Å². The smallest absolute Gasteiger partial charge is 0.178 e. The van der Waals surface area contributed by atoms with E-state index in [1.165, 1.54) is 19.2 Å². The second-order valence-electron chi connectivity index (χ2n) is 8.27. The number of hydrogen-bond acceptors (Lipinski definition) is 6. The quantitative estimate of drug-likeness (QED) is 0.385. The van der Waals surface area contributed by atoms with E-state index in [0.29, 0.717) is 39.9 Å². The van der Waals surface area contributed by atoms with Crippen LogP contribution in [0, 0.1) is 5.82 Å². The summed E-state index contributed by atoms with van der Waals surface area (Å²) in [6, 6.07) is 8.56. The van der Waals surface area contributed by atoms with E-state index in [0.717, 1.165) is 48.1 Å². The summed E-state index contributed by atoms with van der Waals surface area (Å²) in [7, 11) is 1.52. The number of H-pyrrole nitrogens is 2. The van der Waals surface area contributed by atoms with E-state index < -0.39 is 0 Å². The van der Waals surface area contributed by atoms with E-state index in [1.807, 2.05) is 12.3 Å². The van der Waals surface area contributed by atoms with E-state index >= 15 is 0 Å². The molecule has 1 fully saturated rings. The monoisotopic (exact) mass is 443 g/mol. The van der Waals surface area contributed by atoms with Crippen LogP contribution in [-0.4, -0.2) is 50.3 Å². The Morgan fingerprint density at radius 3 is 2.82 bits per heavy atom. The number of aromatic amines is 2. The summed E-state index contributed by atoms with van der Waals surface area (Å²) < 4.78 is 19.4. The largest absolute Gasteiger partial charge is 0.497 e. The number of imidazole rings is 1. The summed E-state index contributed by atoms with van der Waals surface area (Å²) in [6.45, 7) is 2.01. The lowest BCUT2D eigenvalue weighted by Crippen LogP contribution is -2.27. The maximum atomic E-state index is 14.1. The zero-order valence-corrected chi connectivity index (χ0v) is 18.0. The third kappa shape index (κ3) is 3.50. The fraction of sp³-hybridized carbons (Fsp3) is 0.250. The van der Waals surface area contributed by atoms with Gasteiger partial charge in [-0.05, 0) is 55.8 Å². The van der Waals surface area contributed by atoms with Gasteiger partial charge in [-0.15, -0.1) is 0 Å². The topological polar surface area (TPSA) is 104 Å². The minimum Gasteiger partial charge on any atom is -0.497 e. The van der Waals surface area contributed by atoms with Gasteiger partial charge < -0.3 is 15.0 Å². The number of nitrogens with one attached hydrogen (secondary N) is 3. The van der Waals surface area contributed by atoms with Crippen LogP contribution in [0.15, 0.2) is 42.7 Å². The average Bonchev–Trinajstić information content (AvgIpc) is 3.47. The molecule has 1 saturated heterocycles. The predicted octanol–water partition coefficient (Wildman–Crippen LogP) is 4.18. The molecule has 0 saturated carbocycles. The number of pyridine rings is 2. The van der Waals surface area contributed by atoms with Gasteiger partial charge in [-0.2, -0.15) is 5.10 Å². The molecule has 0 atom stereocenters. The van der Waals surface area contributed by atoms with E-state index in [9.17, 15) is 4.39 Å². The number of hydrogen-bond donors (Lipinski definition) is 3.